The maximum absolute atomic E-state index is 13.4. The maximum Gasteiger partial charge on any atom is 0.262 e. The molecule has 2 aromatic carbocycles. The number of imide groups is 2. The topological polar surface area (TPSA) is 173 Å². The SMILES string of the molecule is O=C1CCC(N2C(=O)c3ccc(C4CCN(CC5CCC(n6cc7cc(NC(=O)c8cnn9cccnc89)c(OCC8CC8)cc7n6)CC5)CC4)cc3C2=O)C(=O)N1. The second-order valence-electron chi connectivity index (χ2n) is 16.7. The van der Waals surface area contributed by atoms with Crippen LogP contribution in [-0.2, 0) is 9.59 Å². The van der Waals surface area contributed by atoms with Gasteiger partial charge in [-0.15, -0.1) is 0 Å². The second-order valence-corrected chi connectivity index (χ2v) is 16.7. The highest BCUT2D eigenvalue weighted by Crippen LogP contribution is 2.39. The van der Waals surface area contributed by atoms with Crippen LogP contribution >= 0.6 is 0 Å². The van der Waals surface area contributed by atoms with Crippen molar-refractivity contribution in [2.24, 2.45) is 11.8 Å². The highest BCUT2D eigenvalue weighted by Gasteiger charge is 2.45. The molecule has 58 heavy (non-hydrogen) atoms. The summed E-state index contributed by atoms with van der Waals surface area (Å²) in [5.41, 5.74) is 4.06. The number of carbonyl (C=O) groups is 5. The van der Waals surface area contributed by atoms with Crippen LogP contribution in [0.25, 0.3) is 16.6 Å². The summed E-state index contributed by atoms with van der Waals surface area (Å²) in [5, 5.41) is 15.6. The molecule has 2 aliphatic carbocycles. The van der Waals surface area contributed by atoms with Gasteiger partial charge in [0.1, 0.15) is 17.4 Å². The van der Waals surface area contributed by atoms with Crippen LogP contribution in [0.4, 0.5) is 5.69 Å². The van der Waals surface area contributed by atoms with Crippen LogP contribution in [0.1, 0.15) is 113 Å². The van der Waals surface area contributed by atoms with Crippen molar-refractivity contribution in [2.75, 3.05) is 31.6 Å². The van der Waals surface area contributed by atoms with E-state index in [2.05, 4.69) is 36.5 Å². The lowest BCUT2D eigenvalue weighted by Crippen LogP contribution is -2.54. The molecule has 2 saturated heterocycles. The van der Waals surface area contributed by atoms with Crippen LogP contribution in [0, 0.1) is 11.8 Å². The zero-order chi connectivity index (χ0) is 39.5. The lowest BCUT2D eigenvalue weighted by molar-refractivity contribution is -0.136. The standard InChI is InChI=1S/C43H45N9O6/c53-38-11-10-36(41(55)47-38)52-42(56)31-9-6-28(18-32(31)43(52)57)27-12-16-49(17-13-27)22-25-4-7-30(8-5-25)51-23-29-19-35(37(20-34(29)48-51)58-24-26-2-3-26)46-40(54)33-21-45-50-15-1-14-44-39(33)50/h1,6,9,14-15,18-21,23,25-27,30,36H,2-5,7-8,10-13,16-17,22,24H2,(H,46,54)(H,47,53,55). The molecular formula is C43H45N9O6. The lowest BCUT2D eigenvalue weighted by atomic mass is 9.84. The molecule has 1 atom stereocenters. The van der Waals surface area contributed by atoms with Gasteiger partial charge in [0.05, 0.1) is 41.2 Å². The predicted molar refractivity (Wildman–Crippen MR) is 211 cm³/mol. The van der Waals surface area contributed by atoms with E-state index in [1.807, 2.05) is 24.3 Å². The second kappa shape index (κ2) is 14.8. The number of aromatic nitrogens is 5. The van der Waals surface area contributed by atoms with Crippen molar-refractivity contribution in [3.8, 4) is 5.75 Å². The Kier molecular flexibility index (Phi) is 9.26. The third-order valence-electron chi connectivity index (χ3n) is 12.8. The van der Waals surface area contributed by atoms with E-state index < -0.39 is 23.8 Å². The molecule has 10 rings (SSSR count). The van der Waals surface area contributed by atoms with Gasteiger partial charge >= 0.3 is 0 Å². The van der Waals surface area contributed by atoms with E-state index in [1.54, 1.807) is 29.0 Å². The molecule has 1 unspecified atom stereocenters. The number of piperidine rings is 2. The number of amides is 5. The molecule has 15 nitrogen and oxygen atoms in total. The zero-order valence-electron chi connectivity index (χ0n) is 32.1. The van der Waals surface area contributed by atoms with Crippen LogP contribution in [-0.4, -0.2) is 96.0 Å². The van der Waals surface area contributed by atoms with E-state index in [9.17, 15) is 24.0 Å². The number of hydrogen-bond donors (Lipinski definition) is 2. The molecule has 6 heterocycles. The van der Waals surface area contributed by atoms with E-state index in [4.69, 9.17) is 9.84 Å². The Morgan fingerprint density at radius 2 is 1.69 bits per heavy atom. The van der Waals surface area contributed by atoms with E-state index in [1.165, 1.54) is 6.20 Å². The van der Waals surface area contributed by atoms with Gasteiger partial charge in [0.15, 0.2) is 5.65 Å². The third kappa shape index (κ3) is 6.90. The van der Waals surface area contributed by atoms with Crippen molar-refractivity contribution in [1.29, 1.82) is 0 Å². The first-order valence-electron chi connectivity index (χ1n) is 20.6. The van der Waals surface area contributed by atoms with Crippen molar-refractivity contribution in [3.63, 3.8) is 0 Å². The molecule has 5 amide bonds. The number of fused-ring (bicyclic) bond motifs is 3. The summed E-state index contributed by atoms with van der Waals surface area (Å²) in [6, 6.07) is 10.6. The summed E-state index contributed by atoms with van der Waals surface area (Å²) in [4.78, 5) is 72.0. The smallest absolute Gasteiger partial charge is 0.262 e. The minimum atomic E-state index is -0.959. The average molecular weight is 784 g/mol. The highest BCUT2D eigenvalue weighted by atomic mass is 16.5. The van der Waals surface area contributed by atoms with Gasteiger partial charge < -0.3 is 15.0 Å². The normalized spacial score (nSPS) is 23.1. The third-order valence-corrected chi connectivity index (χ3v) is 12.8. The van der Waals surface area contributed by atoms with E-state index in [-0.39, 0.29) is 30.6 Å². The minimum Gasteiger partial charge on any atom is -0.491 e. The molecule has 298 valence electrons. The number of ether oxygens (including phenoxy) is 1. The van der Waals surface area contributed by atoms with Gasteiger partial charge in [0.25, 0.3) is 17.7 Å². The Morgan fingerprint density at radius 3 is 2.48 bits per heavy atom. The molecular weight excluding hydrogens is 739 g/mol. The van der Waals surface area contributed by atoms with Gasteiger partial charge in [0, 0.05) is 43.0 Å². The monoisotopic (exact) mass is 783 g/mol. The van der Waals surface area contributed by atoms with Crippen molar-refractivity contribution in [1.82, 2.24) is 39.5 Å². The molecule has 3 aliphatic heterocycles. The maximum atomic E-state index is 13.4. The molecule has 5 aromatic rings. The van der Waals surface area contributed by atoms with Crippen molar-refractivity contribution in [3.05, 3.63) is 83.4 Å². The summed E-state index contributed by atoms with van der Waals surface area (Å²) >= 11 is 0. The van der Waals surface area contributed by atoms with Gasteiger partial charge in [-0.25, -0.2) is 9.50 Å². The number of likely N-dealkylation sites (tertiary alicyclic amines) is 1. The van der Waals surface area contributed by atoms with E-state index >= 15 is 0 Å². The van der Waals surface area contributed by atoms with Crippen LogP contribution in [0.5, 0.6) is 5.75 Å². The predicted octanol–water partition coefficient (Wildman–Crippen LogP) is 5.13. The quantitative estimate of drug-likeness (QED) is 0.181. The Morgan fingerprint density at radius 1 is 0.897 bits per heavy atom. The number of nitrogens with one attached hydrogen (secondary N) is 2. The lowest BCUT2D eigenvalue weighted by Gasteiger charge is -2.37. The number of hydrogen-bond acceptors (Lipinski definition) is 10. The molecule has 3 aromatic heterocycles. The summed E-state index contributed by atoms with van der Waals surface area (Å²) in [7, 11) is 0. The Balaban J connectivity index is 0.747. The van der Waals surface area contributed by atoms with E-state index in [0.29, 0.717) is 58.3 Å². The Bertz CT molecular complexity index is 2470. The molecule has 0 radical (unpaired) electrons. The highest BCUT2D eigenvalue weighted by molar-refractivity contribution is 6.23. The van der Waals surface area contributed by atoms with E-state index in [0.717, 1.165) is 92.4 Å². The largest absolute Gasteiger partial charge is 0.491 e. The molecule has 5 aliphatic rings. The molecule has 15 heteroatoms. The number of rotatable bonds is 10. The number of carbonyl (C=O) groups excluding carboxylic acids is 5. The molecule has 0 spiro atoms. The van der Waals surface area contributed by atoms with Crippen LogP contribution < -0.4 is 15.4 Å². The van der Waals surface area contributed by atoms with Gasteiger partial charge in [0.2, 0.25) is 11.8 Å². The fourth-order valence-electron chi connectivity index (χ4n) is 9.29. The molecule has 4 fully saturated rings. The summed E-state index contributed by atoms with van der Waals surface area (Å²) in [6.45, 7) is 3.61. The summed E-state index contributed by atoms with van der Waals surface area (Å²) in [6.07, 6.45) is 15.9. The van der Waals surface area contributed by atoms with Gasteiger partial charge in [-0.3, -0.25) is 38.9 Å². The summed E-state index contributed by atoms with van der Waals surface area (Å²) < 4.78 is 9.94. The van der Waals surface area contributed by atoms with Gasteiger partial charge in [-0.2, -0.15) is 10.2 Å². The molecule has 0 bridgehead atoms. The van der Waals surface area contributed by atoms with Crippen molar-refractivity contribution >= 4 is 51.8 Å². The zero-order valence-corrected chi connectivity index (χ0v) is 32.1. The van der Waals surface area contributed by atoms with Crippen LogP contribution in [0.3, 0.4) is 0 Å². The van der Waals surface area contributed by atoms with Crippen molar-refractivity contribution in [2.45, 2.75) is 82.2 Å². The molecule has 2 saturated carbocycles. The number of anilines is 1. The fourth-order valence-corrected chi connectivity index (χ4v) is 9.29. The van der Waals surface area contributed by atoms with Crippen LogP contribution in [0.15, 0.2) is 61.2 Å². The van der Waals surface area contributed by atoms with Crippen molar-refractivity contribution < 1.29 is 28.7 Å². The first kappa shape index (κ1) is 36.4. The van der Waals surface area contributed by atoms with Gasteiger partial charge in [-0.1, -0.05) is 6.07 Å². The molecule has 2 N–H and O–H groups in total. The number of nitrogens with zero attached hydrogens (tertiary/aromatic N) is 7. The first-order valence-corrected chi connectivity index (χ1v) is 20.6. The first-order chi connectivity index (χ1) is 28.3. The van der Waals surface area contributed by atoms with Gasteiger partial charge in [-0.05, 0) is 118 Å². The number of benzene rings is 2. The Labute approximate surface area is 334 Å². The summed E-state index contributed by atoms with van der Waals surface area (Å²) in [5.74, 6) is -0.136. The fraction of sp³-hybridized carbons (Fsp3) is 0.442. The van der Waals surface area contributed by atoms with Crippen LogP contribution in [0.2, 0.25) is 0 Å². The average Bonchev–Trinajstić information content (AvgIpc) is 3.72. The Hall–Kier alpha value is -5.96. The minimum absolute atomic E-state index is 0.101.